The highest BCUT2D eigenvalue weighted by atomic mass is 16.5. The van der Waals surface area contributed by atoms with Gasteiger partial charge in [0, 0.05) is 55.4 Å². The number of hydrogen-bond acceptors (Lipinski definition) is 8. The van der Waals surface area contributed by atoms with Crippen molar-refractivity contribution in [3.05, 3.63) is 78.5 Å². The Balaban J connectivity index is 1.46. The van der Waals surface area contributed by atoms with E-state index in [0.29, 0.717) is 13.2 Å². The second kappa shape index (κ2) is 10.4. The summed E-state index contributed by atoms with van der Waals surface area (Å²) in [5.74, 6) is 1.44. The summed E-state index contributed by atoms with van der Waals surface area (Å²) < 4.78 is 7.76. The molecule has 3 aromatic heterocycles. The number of nitrogens with one attached hydrogen (secondary N) is 1. The third kappa shape index (κ3) is 6.01. The molecular formula is C26H30N8O. The molecule has 0 aliphatic carbocycles. The molecule has 35 heavy (non-hydrogen) atoms. The normalized spacial score (nSPS) is 12.4. The molecule has 9 heteroatoms. The number of fused-ring (bicyclic) bond motifs is 1. The molecule has 0 bridgehead atoms. The summed E-state index contributed by atoms with van der Waals surface area (Å²) in [6, 6.07) is 13.8. The summed E-state index contributed by atoms with van der Waals surface area (Å²) in [4.78, 5) is 17.4. The average Bonchev–Trinajstić information content (AvgIpc) is 3.28. The summed E-state index contributed by atoms with van der Waals surface area (Å²) in [7, 11) is 1.72. The van der Waals surface area contributed by atoms with Crippen LogP contribution in [0.25, 0.3) is 22.6 Å². The Morgan fingerprint density at radius 3 is 2.66 bits per heavy atom. The van der Waals surface area contributed by atoms with Crippen molar-refractivity contribution in [1.29, 1.82) is 0 Å². The number of aromatic nitrogens is 4. The molecule has 0 aliphatic heterocycles. The molecule has 0 amide bonds. The molecule has 0 spiro atoms. The number of anilines is 1. The maximum absolute atomic E-state index is 6.01. The average molecular weight is 471 g/mol. The van der Waals surface area contributed by atoms with Crippen LogP contribution >= 0.6 is 0 Å². The SMILES string of the molecule is CN=C/C(=C\N)c1ccc(CNc2cc(-c3cnc4cc(OCC(C)(C)N)ccn34)ncn2)cc1. The first-order valence-electron chi connectivity index (χ1n) is 11.2. The van der Waals surface area contributed by atoms with Crippen molar-refractivity contribution < 1.29 is 4.74 Å². The maximum atomic E-state index is 6.01. The zero-order chi connectivity index (χ0) is 24.8. The molecule has 180 valence electrons. The molecule has 0 fully saturated rings. The molecule has 0 atom stereocenters. The van der Waals surface area contributed by atoms with Crippen LogP contribution < -0.4 is 21.5 Å². The summed E-state index contributed by atoms with van der Waals surface area (Å²) in [5, 5.41) is 3.36. The van der Waals surface area contributed by atoms with Gasteiger partial charge in [0.1, 0.15) is 30.1 Å². The van der Waals surface area contributed by atoms with E-state index in [1.165, 1.54) is 0 Å². The zero-order valence-electron chi connectivity index (χ0n) is 20.1. The predicted octanol–water partition coefficient (Wildman–Crippen LogP) is 3.52. The van der Waals surface area contributed by atoms with Crippen molar-refractivity contribution in [2.45, 2.75) is 25.9 Å². The Kier molecular flexibility index (Phi) is 7.07. The van der Waals surface area contributed by atoms with Crippen molar-refractivity contribution in [3.63, 3.8) is 0 Å². The summed E-state index contributed by atoms with van der Waals surface area (Å²) >= 11 is 0. The van der Waals surface area contributed by atoms with Crippen molar-refractivity contribution >= 4 is 23.3 Å². The van der Waals surface area contributed by atoms with Gasteiger partial charge in [-0.1, -0.05) is 24.3 Å². The van der Waals surface area contributed by atoms with Crippen LogP contribution in [-0.4, -0.2) is 44.8 Å². The highest BCUT2D eigenvalue weighted by molar-refractivity contribution is 6.09. The van der Waals surface area contributed by atoms with Gasteiger partial charge in [-0.2, -0.15) is 0 Å². The first-order chi connectivity index (χ1) is 16.9. The van der Waals surface area contributed by atoms with Crippen molar-refractivity contribution in [2.75, 3.05) is 19.0 Å². The minimum atomic E-state index is -0.409. The maximum Gasteiger partial charge on any atom is 0.140 e. The summed E-state index contributed by atoms with van der Waals surface area (Å²) in [6.45, 7) is 4.88. The van der Waals surface area contributed by atoms with E-state index in [0.717, 1.165) is 45.3 Å². The number of rotatable bonds is 9. The minimum absolute atomic E-state index is 0.409. The Morgan fingerprint density at radius 2 is 1.94 bits per heavy atom. The van der Waals surface area contributed by atoms with Crippen LogP contribution in [0.5, 0.6) is 5.75 Å². The van der Waals surface area contributed by atoms with E-state index in [2.05, 4.69) is 25.3 Å². The number of allylic oxidation sites excluding steroid dienone is 1. The fourth-order valence-electron chi connectivity index (χ4n) is 3.47. The molecule has 0 unspecified atom stereocenters. The molecule has 0 saturated heterocycles. The lowest BCUT2D eigenvalue weighted by Gasteiger charge is -2.19. The number of hydrogen-bond donors (Lipinski definition) is 3. The molecule has 3 heterocycles. The van der Waals surface area contributed by atoms with Gasteiger partial charge in [0.15, 0.2) is 0 Å². The van der Waals surface area contributed by atoms with Gasteiger partial charge in [-0.3, -0.25) is 9.39 Å². The minimum Gasteiger partial charge on any atom is -0.492 e. The Labute approximate surface area is 204 Å². The Hall–Kier alpha value is -4.24. The Bertz CT molecular complexity index is 1350. The second-order valence-corrected chi connectivity index (χ2v) is 8.86. The molecule has 9 nitrogen and oxygen atoms in total. The number of imidazole rings is 1. The highest BCUT2D eigenvalue weighted by Crippen LogP contribution is 2.23. The molecule has 5 N–H and O–H groups in total. The molecule has 4 rings (SSSR count). The topological polar surface area (TPSA) is 129 Å². The number of nitrogens with two attached hydrogens (primary N) is 2. The van der Waals surface area contributed by atoms with E-state index < -0.39 is 5.54 Å². The van der Waals surface area contributed by atoms with Crippen LogP contribution in [0.4, 0.5) is 5.82 Å². The first kappa shape index (κ1) is 23.9. The van der Waals surface area contributed by atoms with Gasteiger partial charge in [-0.15, -0.1) is 0 Å². The van der Waals surface area contributed by atoms with Crippen LogP contribution in [-0.2, 0) is 6.54 Å². The zero-order valence-corrected chi connectivity index (χ0v) is 20.1. The van der Waals surface area contributed by atoms with E-state index in [1.807, 2.05) is 66.9 Å². The number of ether oxygens (including phenoxy) is 1. The lowest BCUT2D eigenvalue weighted by molar-refractivity contribution is 0.243. The van der Waals surface area contributed by atoms with Gasteiger partial charge in [-0.05, 0) is 31.0 Å². The first-order valence-corrected chi connectivity index (χ1v) is 11.2. The van der Waals surface area contributed by atoms with Crippen LogP contribution in [0.1, 0.15) is 25.0 Å². The smallest absolute Gasteiger partial charge is 0.140 e. The van der Waals surface area contributed by atoms with E-state index >= 15 is 0 Å². The van der Waals surface area contributed by atoms with Crippen molar-refractivity contribution in [3.8, 4) is 17.1 Å². The molecule has 1 aromatic carbocycles. The van der Waals surface area contributed by atoms with Gasteiger partial charge >= 0.3 is 0 Å². The quantitative estimate of drug-likeness (QED) is 0.319. The lowest BCUT2D eigenvalue weighted by Crippen LogP contribution is -2.38. The Morgan fingerprint density at radius 1 is 1.14 bits per heavy atom. The molecule has 0 radical (unpaired) electrons. The third-order valence-corrected chi connectivity index (χ3v) is 5.23. The van der Waals surface area contributed by atoms with Crippen LogP contribution in [0.3, 0.4) is 0 Å². The predicted molar refractivity (Wildman–Crippen MR) is 140 cm³/mol. The van der Waals surface area contributed by atoms with E-state index in [4.69, 9.17) is 16.2 Å². The highest BCUT2D eigenvalue weighted by Gasteiger charge is 2.13. The second-order valence-electron chi connectivity index (χ2n) is 8.86. The van der Waals surface area contributed by atoms with E-state index in [-0.39, 0.29) is 0 Å². The number of pyridine rings is 1. The van der Waals surface area contributed by atoms with Gasteiger partial charge in [0.2, 0.25) is 0 Å². The fourth-order valence-corrected chi connectivity index (χ4v) is 3.47. The van der Waals surface area contributed by atoms with Gasteiger partial charge < -0.3 is 21.5 Å². The van der Waals surface area contributed by atoms with Crippen LogP contribution in [0, 0.1) is 0 Å². The molecule has 4 aromatic rings. The molecule has 0 aliphatic rings. The summed E-state index contributed by atoms with van der Waals surface area (Å²) in [5.41, 5.74) is 16.7. The standard InChI is InChI=1S/C26H30N8O/c1-26(2,28)16-35-21-8-9-34-23(15-31-25(34)10-21)22-11-24(33-17-32-22)30-13-18-4-6-19(7-5-18)20(12-27)14-29-3/h4-12,14-15,17H,13,16,27-28H2,1-3H3,(H,30,32,33)/b20-12+,29-14?. The molecule has 0 saturated carbocycles. The number of nitrogens with zero attached hydrogens (tertiary/aromatic N) is 5. The monoisotopic (exact) mass is 470 g/mol. The lowest BCUT2D eigenvalue weighted by atomic mass is 10.1. The third-order valence-electron chi connectivity index (χ3n) is 5.23. The van der Waals surface area contributed by atoms with Crippen LogP contribution in [0.2, 0.25) is 0 Å². The van der Waals surface area contributed by atoms with Crippen LogP contribution in [0.15, 0.2) is 72.4 Å². The van der Waals surface area contributed by atoms with Gasteiger partial charge in [-0.25, -0.2) is 15.0 Å². The van der Waals surface area contributed by atoms with E-state index in [9.17, 15) is 0 Å². The van der Waals surface area contributed by atoms with Gasteiger partial charge in [0.05, 0.1) is 17.6 Å². The van der Waals surface area contributed by atoms with Crippen molar-refractivity contribution in [2.24, 2.45) is 16.5 Å². The largest absolute Gasteiger partial charge is 0.492 e. The number of benzene rings is 1. The van der Waals surface area contributed by atoms with Crippen molar-refractivity contribution in [1.82, 2.24) is 19.4 Å². The van der Waals surface area contributed by atoms with E-state index in [1.54, 1.807) is 32.0 Å². The summed E-state index contributed by atoms with van der Waals surface area (Å²) in [6.07, 6.45) is 8.55. The van der Waals surface area contributed by atoms with Gasteiger partial charge in [0.25, 0.3) is 0 Å². The number of aliphatic imine (C=N–C) groups is 1. The fraction of sp³-hybridized carbons (Fsp3) is 0.231. The molecular weight excluding hydrogens is 440 g/mol.